The number of alkyl halides is 3. The van der Waals surface area contributed by atoms with Crippen LogP contribution in [0.4, 0.5) is 13.2 Å². The van der Waals surface area contributed by atoms with Crippen molar-refractivity contribution in [2.45, 2.75) is 57.2 Å². The van der Waals surface area contributed by atoms with E-state index in [9.17, 15) is 18.0 Å². The molecule has 2 aromatic rings. The highest BCUT2D eigenvalue weighted by atomic mass is 19.4. The maximum Gasteiger partial charge on any atom is 0.416 e. The normalized spacial score (nSPS) is 19.6. The molecule has 0 bridgehead atoms. The number of aliphatic imine (C=N–C) groups is 1. The van der Waals surface area contributed by atoms with Gasteiger partial charge in [0.05, 0.1) is 19.8 Å². The van der Waals surface area contributed by atoms with E-state index in [0.29, 0.717) is 22.4 Å². The lowest BCUT2D eigenvalue weighted by atomic mass is 9.74. The molecule has 1 saturated carbocycles. The highest BCUT2D eigenvalue weighted by molar-refractivity contribution is 5.98. The minimum Gasteiger partial charge on any atom is -0.494 e. The Balaban J connectivity index is 1.73. The molecule has 1 aliphatic carbocycles. The number of halogens is 3. The summed E-state index contributed by atoms with van der Waals surface area (Å²) in [6.07, 6.45) is 4.39. The van der Waals surface area contributed by atoms with Crippen LogP contribution in [0.1, 0.15) is 56.1 Å². The zero-order valence-electron chi connectivity index (χ0n) is 21.7. The van der Waals surface area contributed by atoms with Crippen molar-refractivity contribution in [1.82, 2.24) is 10.3 Å². The summed E-state index contributed by atoms with van der Waals surface area (Å²) in [5.41, 5.74) is 0.855. The average molecular weight is 518 g/mol. The summed E-state index contributed by atoms with van der Waals surface area (Å²) in [6, 6.07) is 3.97. The van der Waals surface area contributed by atoms with Gasteiger partial charge in [-0.2, -0.15) is 13.2 Å². The molecule has 6 nitrogen and oxygen atoms in total. The first-order valence-corrected chi connectivity index (χ1v) is 12.3. The van der Waals surface area contributed by atoms with Crippen LogP contribution < -0.4 is 10.1 Å². The molecule has 0 spiro atoms. The van der Waals surface area contributed by atoms with Crippen molar-refractivity contribution in [2.75, 3.05) is 21.3 Å². The molecule has 3 rings (SSSR count). The van der Waals surface area contributed by atoms with E-state index in [4.69, 9.17) is 9.47 Å². The fourth-order valence-electron chi connectivity index (χ4n) is 5.05. The van der Waals surface area contributed by atoms with Gasteiger partial charge in [-0.15, -0.1) is 0 Å². The molecule has 200 valence electrons. The molecule has 1 amide bonds. The Hall–Kier alpha value is -3.36. The predicted molar refractivity (Wildman–Crippen MR) is 139 cm³/mol. The molecule has 1 aliphatic rings. The third-order valence-corrected chi connectivity index (χ3v) is 7.08. The van der Waals surface area contributed by atoms with Gasteiger partial charge >= 0.3 is 6.18 Å². The Morgan fingerprint density at radius 2 is 1.95 bits per heavy atom. The van der Waals surface area contributed by atoms with Crippen molar-refractivity contribution < 1.29 is 27.4 Å². The fraction of sp³-hybridized carbons (Fsp3) is 0.464. The topological polar surface area (TPSA) is 72.8 Å². The zero-order chi connectivity index (χ0) is 27.2. The van der Waals surface area contributed by atoms with Gasteiger partial charge in [0.15, 0.2) is 0 Å². The van der Waals surface area contributed by atoms with E-state index < -0.39 is 11.7 Å². The molecular formula is C28H34F3N3O3. The largest absolute Gasteiger partial charge is 0.494 e. The quantitative estimate of drug-likeness (QED) is 0.195. The standard InChI is InChI=1S/C28H34F3N3O3/c1-6-23(34-27(35)17(2)7-12-25(32-3)37-5)19-10-8-18(9-11-19)21-13-14-33-26-22(21)15-20(28(29,30)31)16-24(26)36-4/h7,12-16,18-19,23H,2,6,8-11H2,1,3-5H3,(H,34,35)/b12-7-,32-25+/t18-,19+,23?. The number of methoxy groups -OCH3 is 2. The second-order valence-corrected chi connectivity index (χ2v) is 9.20. The van der Waals surface area contributed by atoms with E-state index in [0.717, 1.165) is 43.7 Å². The van der Waals surface area contributed by atoms with Gasteiger partial charge in [-0.3, -0.25) is 14.8 Å². The summed E-state index contributed by atoms with van der Waals surface area (Å²) in [4.78, 5) is 20.9. The minimum atomic E-state index is -4.48. The first-order chi connectivity index (χ1) is 17.6. The number of amides is 1. The van der Waals surface area contributed by atoms with Crippen LogP contribution in [0.3, 0.4) is 0 Å². The summed E-state index contributed by atoms with van der Waals surface area (Å²) >= 11 is 0. The Bertz CT molecular complexity index is 1180. The van der Waals surface area contributed by atoms with Gasteiger partial charge in [0.2, 0.25) is 5.90 Å². The van der Waals surface area contributed by atoms with Crippen molar-refractivity contribution in [3.05, 3.63) is 59.8 Å². The van der Waals surface area contributed by atoms with Crippen molar-refractivity contribution in [3.8, 4) is 5.75 Å². The number of carbonyl (C=O) groups excluding carboxylic acids is 1. The number of pyridine rings is 1. The molecule has 0 aliphatic heterocycles. The van der Waals surface area contributed by atoms with Crippen molar-refractivity contribution in [3.63, 3.8) is 0 Å². The Labute approximate surface area is 215 Å². The second kappa shape index (κ2) is 12.3. The van der Waals surface area contributed by atoms with Gasteiger partial charge in [-0.1, -0.05) is 13.5 Å². The Kier molecular flexibility index (Phi) is 9.34. The van der Waals surface area contributed by atoms with E-state index >= 15 is 0 Å². The molecule has 1 N–H and O–H groups in total. The molecule has 0 saturated heterocycles. The molecule has 0 radical (unpaired) electrons. The summed E-state index contributed by atoms with van der Waals surface area (Å²) in [6.45, 7) is 5.87. The number of carbonyl (C=O) groups is 1. The van der Waals surface area contributed by atoms with Crippen LogP contribution in [0.25, 0.3) is 10.9 Å². The molecule has 37 heavy (non-hydrogen) atoms. The molecule has 1 heterocycles. The maximum absolute atomic E-state index is 13.5. The number of fused-ring (bicyclic) bond motifs is 1. The summed E-state index contributed by atoms with van der Waals surface area (Å²) in [7, 11) is 4.45. The van der Waals surface area contributed by atoms with Gasteiger partial charge < -0.3 is 14.8 Å². The number of nitrogens with one attached hydrogen (secondary N) is 1. The van der Waals surface area contributed by atoms with Gasteiger partial charge in [-0.25, -0.2) is 0 Å². The van der Waals surface area contributed by atoms with Gasteiger partial charge in [0.25, 0.3) is 5.91 Å². The molecular weight excluding hydrogens is 483 g/mol. The minimum absolute atomic E-state index is 0.0218. The molecule has 1 aromatic heterocycles. The smallest absolute Gasteiger partial charge is 0.416 e. The lowest BCUT2D eigenvalue weighted by Crippen LogP contribution is -2.41. The number of nitrogens with zero attached hydrogens (tertiary/aromatic N) is 2. The van der Waals surface area contributed by atoms with E-state index in [1.807, 2.05) is 13.0 Å². The molecule has 1 aromatic carbocycles. The number of hydrogen-bond donors (Lipinski definition) is 1. The van der Waals surface area contributed by atoms with E-state index in [-0.39, 0.29) is 29.5 Å². The first kappa shape index (κ1) is 28.2. The lowest BCUT2D eigenvalue weighted by Gasteiger charge is -2.34. The highest BCUT2D eigenvalue weighted by Crippen LogP contribution is 2.43. The first-order valence-electron chi connectivity index (χ1n) is 12.3. The van der Waals surface area contributed by atoms with Gasteiger partial charge in [0, 0.05) is 36.3 Å². The average Bonchev–Trinajstić information content (AvgIpc) is 2.90. The van der Waals surface area contributed by atoms with E-state index in [1.165, 1.54) is 20.3 Å². The van der Waals surface area contributed by atoms with Crippen molar-refractivity contribution in [2.24, 2.45) is 10.9 Å². The van der Waals surface area contributed by atoms with Gasteiger partial charge in [-0.05, 0) is 73.8 Å². The van der Waals surface area contributed by atoms with Crippen LogP contribution in [-0.4, -0.2) is 44.1 Å². The monoisotopic (exact) mass is 517 g/mol. The predicted octanol–water partition coefficient (Wildman–Crippen LogP) is 6.22. The summed E-state index contributed by atoms with van der Waals surface area (Å²) in [5.74, 6) is 0.627. The van der Waals surface area contributed by atoms with Crippen LogP contribution in [0.15, 0.2) is 53.7 Å². The Morgan fingerprint density at radius 1 is 1.24 bits per heavy atom. The van der Waals surface area contributed by atoms with E-state index in [2.05, 4.69) is 21.9 Å². The highest BCUT2D eigenvalue weighted by Gasteiger charge is 2.33. The number of ether oxygens (including phenoxy) is 2. The zero-order valence-corrected chi connectivity index (χ0v) is 21.7. The van der Waals surface area contributed by atoms with Gasteiger partial charge in [0.1, 0.15) is 11.3 Å². The fourth-order valence-corrected chi connectivity index (χ4v) is 5.05. The molecule has 1 atom stereocenters. The van der Waals surface area contributed by atoms with Crippen LogP contribution in [0.2, 0.25) is 0 Å². The second-order valence-electron chi connectivity index (χ2n) is 9.20. The number of benzene rings is 1. The lowest BCUT2D eigenvalue weighted by molar-refractivity contribution is -0.137. The summed E-state index contributed by atoms with van der Waals surface area (Å²) < 4.78 is 50.9. The Morgan fingerprint density at radius 3 is 2.51 bits per heavy atom. The number of aromatic nitrogens is 1. The molecule has 1 unspecified atom stereocenters. The van der Waals surface area contributed by atoms with Crippen LogP contribution in [0, 0.1) is 5.92 Å². The third-order valence-electron chi connectivity index (χ3n) is 7.08. The van der Waals surface area contributed by atoms with Crippen molar-refractivity contribution >= 4 is 22.7 Å². The van der Waals surface area contributed by atoms with E-state index in [1.54, 1.807) is 25.4 Å². The number of rotatable bonds is 8. The SMILES string of the molecule is C=C(/C=C\C(=N/C)OC)C(=O)NC(CC)[C@H]1CC[C@@H](c2ccnc3c(OC)cc(C(F)(F)F)cc32)CC1. The third kappa shape index (κ3) is 6.70. The molecule has 1 fully saturated rings. The van der Waals surface area contributed by atoms with Crippen molar-refractivity contribution in [1.29, 1.82) is 0 Å². The summed E-state index contributed by atoms with van der Waals surface area (Å²) in [5, 5.41) is 3.58. The van der Waals surface area contributed by atoms with Crippen LogP contribution in [0.5, 0.6) is 5.75 Å². The van der Waals surface area contributed by atoms with Crippen LogP contribution in [-0.2, 0) is 15.7 Å². The number of hydrogen-bond acceptors (Lipinski definition) is 5. The molecule has 9 heteroatoms. The van der Waals surface area contributed by atoms with Crippen LogP contribution >= 0.6 is 0 Å². The maximum atomic E-state index is 13.5.